The van der Waals surface area contributed by atoms with E-state index in [4.69, 9.17) is 14.0 Å². The number of hydrogen-bond donors (Lipinski definition) is 2. The van der Waals surface area contributed by atoms with E-state index in [1.54, 1.807) is 0 Å². The maximum atomic E-state index is 9.60. The molecule has 78 valence electrons. The van der Waals surface area contributed by atoms with Crippen molar-refractivity contribution in [1.82, 2.24) is 0 Å². The molecule has 6 heteroatoms. The normalized spacial score (nSPS) is 34.8. The van der Waals surface area contributed by atoms with Gasteiger partial charge in [-0.15, -0.1) is 0 Å². The van der Waals surface area contributed by atoms with E-state index < -0.39 is 5.60 Å². The van der Waals surface area contributed by atoms with Crippen molar-refractivity contribution < 1.29 is 19.1 Å². The largest absolute Gasteiger partial charge is 0.393 e. The fraction of sp³-hybridized carbons (Fsp3) is 1.00. The zero-order valence-electron chi connectivity index (χ0n) is 7.11. The number of hydrogen-bond acceptors (Lipinski definition) is 5. The lowest BCUT2D eigenvalue weighted by atomic mass is 9.95. The molecule has 0 spiro atoms. The first-order valence-corrected chi connectivity index (χ1v) is 7.34. The summed E-state index contributed by atoms with van der Waals surface area (Å²) in [4.78, 5) is 0. The Morgan fingerprint density at radius 1 is 1.69 bits per heavy atom. The monoisotopic (exact) mass is 320 g/mol. The molecule has 1 aliphatic rings. The topological polar surface area (TPSA) is 58.9 Å². The van der Waals surface area contributed by atoms with Gasteiger partial charge in [0, 0.05) is 21.2 Å². The minimum Gasteiger partial charge on any atom is -0.393 e. The third kappa shape index (κ3) is 3.88. The average molecular weight is 320 g/mol. The zero-order valence-corrected chi connectivity index (χ0v) is 10.1. The summed E-state index contributed by atoms with van der Waals surface area (Å²) in [6, 6.07) is 0. The predicted octanol–water partition coefficient (Wildman–Crippen LogP) is 0.904. The lowest BCUT2D eigenvalue weighted by Gasteiger charge is -2.34. The van der Waals surface area contributed by atoms with Crippen molar-refractivity contribution in [3.05, 3.63) is 0 Å². The van der Waals surface area contributed by atoms with E-state index in [1.807, 2.05) is 21.2 Å². The Morgan fingerprint density at radius 3 is 2.92 bits per heavy atom. The van der Waals surface area contributed by atoms with E-state index in [-0.39, 0.29) is 19.3 Å². The highest BCUT2D eigenvalue weighted by molar-refractivity contribution is 14.2. The van der Waals surface area contributed by atoms with Crippen molar-refractivity contribution in [2.75, 3.05) is 19.8 Å². The molecule has 1 aliphatic heterocycles. The number of aliphatic hydroxyl groups excluding tert-OH is 1. The molecule has 2 unspecified atom stereocenters. The number of aliphatic hydroxyl groups is 2. The molecule has 1 rings (SSSR count). The summed E-state index contributed by atoms with van der Waals surface area (Å²) in [5.41, 5.74) is -1.03. The van der Waals surface area contributed by atoms with Gasteiger partial charge in [-0.05, 0) is 12.8 Å². The van der Waals surface area contributed by atoms with E-state index in [9.17, 15) is 5.11 Å². The molecule has 0 aliphatic carbocycles. The minimum atomic E-state index is -1.03. The van der Waals surface area contributed by atoms with Crippen LogP contribution in [0.3, 0.4) is 0 Å². The molecule has 0 aromatic heterocycles. The molecule has 0 bridgehead atoms. The zero-order chi connectivity index (χ0) is 9.73. The SMILES string of the molecule is OCC1(O)CCC(COSI)OC1. The Balaban J connectivity index is 2.22. The fourth-order valence-corrected chi connectivity index (χ4v) is 1.86. The fourth-order valence-electron chi connectivity index (χ4n) is 1.22. The Hall–Kier alpha value is 0.920. The van der Waals surface area contributed by atoms with Gasteiger partial charge in [-0.1, -0.05) is 0 Å². The van der Waals surface area contributed by atoms with E-state index >= 15 is 0 Å². The molecule has 0 radical (unpaired) electrons. The summed E-state index contributed by atoms with van der Waals surface area (Å²) >= 11 is 2.05. The highest BCUT2D eigenvalue weighted by Crippen LogP contribution is 2.24. The molecule has 0 saturated carbocycles. The Kier molecular flexibility index (Phi) is 5.27. The van der Waals surface area contributed by atoms with Gasteiger partial charge in [0.05, 0.1) is 35.1 Å². The van der Waals surface area contributed by atoms with Gasteiger partial charge in [0.2, 0.25) is 0 Å². The number of ether oxygens (including phenoxy) is 1. The third-order valence-corrected chi connectivity index (χ3v) is 3.10. The van der Waals surface area contributed by atoms with Crippen LogP contribution in [0.25, 0.3) is 0 Å². The maximum Gasteiger partial charge on any atom is 0.111 e. The van der Waals surface area contributed by atoms with Gasteiger partial charge in [-0.3, -0.25) is 0 Å². The van der Waals surface area contributed by atoms with Crippen LogP contribution in [-0.2, 0) is 8.92 Å². The molecule has 13 heavy (non-hydrogen) atoms. The van der Waals surface area contributed by atoms with Crippen LogP contribution < -0.4 is 0 Å². The second-order valence-corrected chi connectivity index (χ2v) is 4.64. The van der Waals surface area contributed by atoms with E-state index in [2.05, 4.69) is 0 Å². The van der Waals surface area contributed by atoms with E-state index in [0.29, 0.717) is 13.0 Å². The third-order valence-electron chi connectivity index (χ3n) is 2.11. The second kappa shape index (κ2) is 5.72. The van der Waals surface area contributed by atoms with Crippen LogP contribution in [0.15, 0.2) is 0 Å². The van der Waals surface area contributed by atoms with Crippen LogP contribution in [0.1, 0.15) is 12.8 Å². The molecule has 2 N–H and O–H groups in total. The first-order chi connectivity index (χ1) is 6.20. The van der Waals surface area contributed by atoms with Crippen molar-refractivity contribution in [2.45, 2.75) is 24.5 Å². The van der Waals surface area contributed by atoms with Gasteiger partial charge in [-0.2, -0.15) is 0 Å². The molecular weight excluding hydrogens is 307 g/mol. The molecule has 1 fully saturated rings. The molecule has 0 aromatic rings. The Morgan fingerprint density at radius 2 is 2.46 bits per heavy atom. The molecular formula is C7H13IO4S. The van der Waals surface area contributed by atoms with Crippen LogP contribution in [-0.4, -0.2) is 41.7 Å². The minimum absolute atomic E-state index is 0.0501. The van der Waals surface area contributed by atoms with Gasteiger partial charge in [-0.25, -0.2) is 0 Å². The number of rotatable bonds is 4. The highest BCUT2D eigenvalue weighted by atomic mass is 127. The summed E-state index contributed by atoms with van der Waals surface area (Å²) in [6.45, 7) is 0.500. The lowest BCUT2D eigenvalue weighted by molar-refractivity contribution is -0.144. The summed E-state index contributed by atoms with van der Waals surface area (Å²) in [6.07, 6.45) is 1.35. The van der Waals surface area contributed by atoms with Gasteiger partial charge in [0.25, 0.3) is 0 Å². The molecule has 1 heterocycles. The quantitative estimate of drug-likeness (QED) is 0.595. The van der Waals surface area contributed by atoms with Crippen LogP contribution >= 0.6 is 30.4 Å². The van der Waals surface area contributed by atoms with Gasteiger partial charge >= 0.3 is 0 Å². The molecule has 0 amide bonds. The van der Waals surface area contributed by atoms with E-state index in [1.165, 1.54) is 9.21 Å². The standard InChI is InChI=1S/C7H13IO4S/c8-13-12-3-6-1-2-7(10,4-9)5-11-6/h6,9-10H,1-5H2. The van der Waals surface area contributed by atoms with Crippen LogP contribution in [0.2, 0.25) is 0 Å². The number of halogens is 1. The van der Waals surface area contributed by atoms with Crippen molar-refractivity contribution in [2.24, 2.45) is 0 Å². The summed E-state index contributed by atoms with van der Waals surface area (Å²) in [7, 11) is 1.28. The van der Waals surface area contributed by atoms with Gasteiger partial charge in [0.15, 0.2) is 0 Å². The van der Waals surface area contributed by atoms with Crippen molar-refractivity contribution in [3.8, 4) is 0 Å². The first-order valence-electron chi connectivity index (χ1n) is 4.05. The molecule has 4 nitrogen and oxygen atoms in total. The molecule has 2 atom stereocenters. The molecule has 0 aromatic carbocycles. The second-order valence-electron chi connectivity index (χ2n) is 3.20. The Bertz CT molecular complexity index is 149. The average Bonchev–Trinajstić information content (AvgIpc) is 2.17. The van der Waals surface area contributed by atoms with Crippen molar-refractivity contribution >= 4 is 30.4 Å². The highest BCUT2D eigenvalue weighted by Gasteiger charge is 2.33. The van der Waals surface area contributed by atoms with Crippen LogP contribution in [0.5, 0.6) is 0 Å². The van der Waals surface area contributed by atoms with Crippen LogP contribution in [0, 0.1) is 0 Å². The van der Waals surface area contributed by atoms with Gasteiger partial charge in [0.1, 0.15) is 5.60 Å². The van der Waals surface area contributed by atoms with Gasteiger partial charge < -0.3 is 19.1 Å². The summed E-state index contributed by atoms with van der Waals surface area (Å²) in [5, 5.41) is 18.4. The van der Waals surface area contributed by atoms with E-state index in [0.717, 1.165) is 6.42 Å². The first kappa shape index (κ1) is 12.0. The van der Waals surface area contributed by atoms with Crippen molar-refractivity contribution in [3.63, 3.8) is 0 Å². The lowest BCUT2D eigenvalue weighted by Crippen LogP contribution is -2.45. The molecule has 1 saturated heterocycles. The maximum absolute atomic E-state index is 9.60. The van der Waals surface area contributed by atoms with Crippen molar-refractivity contribution in [1.29, 1.82) is 0 Å². The summed E-state index contributed by atoms with van der Waals surface area (Å²) in [5.74, 6) is 0. The van der Waals surface area contributed by atoms with Crippen LogP contribution in [0.4, 0.5) is 0 Å². The smallest absolute Gasteiger partial charge is 0.111 e. The summed E-state index contributed by atoms with van der Waals surface area (Å²) < 4.78 is 10.4. The Labute approximate surface area is 93.8 Å². The predicted molar refractivity (Wildman–Crippen MR) is 58.6 cm³/mol.